The predicted octanol–water partition coefficient (Wildman–Crippen LogP) is 3.49. The highest BCUT2D eigenvalue weighted by atomic mass is 127. The molecule has 0 aromatic heterocycles. The van der Waals surface area contributed by atoms with Crippen LogP contribution in [0.25, 0.3) is 0 Å². The van der Waals surface area contributed by atoms with E-state index >= 15 is 0 Å². The second-order valence-electron chi connectivity index (χ2n) is 3.44. The minimum Gasteiger partial charge on any atom is -0.465 e. The van der Waals surface area contributed by atoms with Crippen LogP contribution in [0.4, 0.5) is 0 Å². The van der Waals surface area contributed by atoms with Gasteiger partial charge in [-0.2, -0.15) is 0 Å². The van der Waals surface area contributed by atoms with Crippen LogP contribution in [0.2, 0.25) is 0 Å². The average Bonchev–Trinajstić information content (AvgIpc) is 2.34. The van der Waals surface area contributed by atoms with Gasteiger partial charge in [0.15, 0.2) is 23.0 Å². The third-order valence-corrected chi connectivity index (χ3v) is 2.75. The average molecular weight is 379 g/mol. The Morgan fingerprint density at radius 1 is 1.29 bits per heavy atom. The number of hydrogen-bond donors (Lipinski definition) is 0. The minimum atomic E-state index is -0.205. The van der Waals surface area contributed by atoms with Crippen molar-refractivity contribution < 1.29 is 17.4 Å². The summed E-state index contributed by atoms with van der Waals surface area (Å²) < 4.78 is 9.12. The zero-order valence-electron chi connectivity index (χ0n) is 10.7. The van der Waals surface area contributed by atoms with E-state index in [0.29, 0.717) is 13.0 Å². The van der Waals surface area contributed by atoms with E-state index in [-0.39, 0.29) is 23.2 Å². The molecule has 0 spiro atoms. The van der Waals surface area contributed by atoms with Crippen LogP contribution in [0.15, 0.2) is 0 Å². The van der Waals surface area contributed by atoms with Gasteiger partial charge in [0.1, 0.15) is 0 Å². The van der Waals surface area contributed by atoms with Crippen LogP contribution >= 0.6 is 34.6 Å². The number of rotatable bonds is 5. The van der Waals surface area contributed by atoms with E-state index in [1.165, 1.54) is 0 Å². The third-order valence-electron chi connectivity index (χ3n) is 1.88. The molecule has 0 aliphatic heterocycles. The fourth-order valence-corrected chi connectivity index (χ4v) is 0.990. The Kier molecular flexibility index (Phi) is 14.1. The highest BCUT2D eigenvalue weighted by molar-refractivity contribution is 14.1. The summed E-state index contributed by atoms with van der Waals surface area (Å²) in [4.78, 5) is 21.0. The Morgan fingerprint density at radius 3 is 2.06 bits per heavy atom. The lowest BCUT2D eigenvalue weighted by molar-refractivity contribution is -0.147. The number of carbonyl (C=O) groups is 2. The quantitative estimate of drug-likeness (QED) is 0.417. The number of ether oxygens (including phenoxy) is 1. The van der Waals surface area contributed by atoms with E-state index in [9.17, 15) is 9.59 Å². The molecule has 2 unspecified atom stereocenters. The van der Waals surface area contributed by atoms with Gasteiger partial charge in [0, 0.05) is 11.8 Å². The molecular formula is C11H20ClIO4. The number of halogens is 2. The van der Waals surface area contributed by atoms with Gasteiger partial charge in [-0.3, -0.25) is 9.59 Å². The van der Waals surface area contributed by atoms with E-state index in [0.717, 1.165) is 6.42 Å². The van der Waals surface area contributed by atoms with Gasteiger partial charge in [0.05, 0.1) is 12.5 Å². The van der Waals surface area contributed by atoms with Crippen molar-refractivity contribution in [2.45, 2.75) is 45.9 Å². The first-order valence-corrected chi connectivity index (χ1v) is 6.84. The summed E-state index contributed by atoms with van der Waals surface area (Å²) in [6.07, 6.45) is 1.32. The van der Waals surface area contributed by atoms with Crippen molar-refractivity contribution in [2.24, 2.45) is 5.92 Å². The van der Waals surface area contributed by atoms with Gasteiger partial charge in [0.25, 0.3) is 0 Å². The van der Waals surface area contributed by atoms with Gasteiger partial charge >= 0.3 is 11.9 Å². The van der Waals surface area contributed by atoms with Gasteiger partial charge in [-0.15, -0.1) is 11.6 Å². The molecule has 0 aromatic carbocycles. The largest absolute Gasteiger partial charge is 0.465 e. The Hall–Kier alpha value is -0.0400. The fourth-order valence-electron chi connectivity index (χ4n) is 0.576. The number of carbonyl (C=O) groups excluding carboxylic acids is 2. The summed E-state index contributed by atoms with van der Waals surface area (Å²) >= 11 is 7.27. The van der Waals surface area contributed by atoms with Crippen molar-refractivity contribution >= 4 is 46.5 Å². The molecule has 0 N–H and O–H groups in total. The normalized spacial score (nSPS) is 12.8. The molecule has 0 aromatic rings. The second-order valence-corrected chi connectivity index (χ2v) is 4.57. The molecular weight excluding hydrogens is 358 g/mol. The first-order valence-electron chi connectivity index (χ1n) is 5.52. The van der Waals surface area contributed by atoms with Crippen LogP contribution in [-0.2, 0) is 17.4 Å². The molecule has 4 nitrogen and oxygen atoms in total. The highest BCUT2D eigenvalue weighted by Crippen LogP contribution is 2.10. The monoisotopic (exact) mass is 378 g/mol. The van der Waals surface area contributed by atoms with Gasteiger partial charge in [-0.1, -0.05) is 20.8 Å². The van der Waals surface area contributed by atoms with Gasteiger partial charge in [0.2, 0.25) is 0 Å². The summed E-state index contributed by atoms with van der Waals surface area (Å²) in [6.45, 7) is 7.77. The number of esters is 1. The SMILES string of the molecule is CCC(=O)OI.CCCOC(=O)C(C)C(C)Cl. The molecule has 0 aliphatic rings. The summed E-state index contributed by atoms with van der Waals surface area (Å²) in [6, 6.07) is 0. The van der Waals surface area contributed by atoms with E-state index < -0.39 is 0 Å². The Labute approximate surface area is 122 Å². The van der Waals surface area contributed by atoms with Crippen LogP contribution in [0.3, 0.4) is 0 Å². The van der Waals surface area contributed by atoms with Crippen molar-refractivity contribution in [1.29, 1.82) is 0 Å². The zero-order valence-corrected chi connectivity index (χ0v) is 13.6. The topological polar surface area (TPSA) is 52.6 Å². The van der Waals surface area contributed by atoms with Crippen molar-refractivity contribution in [3.63, 3.8) is 0 Å². The van der Waals surface area contributed by atoms with Gasteiger partial charge < -0.3 is 7.80 Å². The molecule has 0 bridgehead atoms. The van der Waals surface area contributed by atoms with Crippen LogP contribution in [0.5, 0.6) is 0 Å². The maximum absolute atomic E-state index is 11.0. The minimum absolute atomic E-state index is 0.153. The molecule has 2 atom stereocenters. The van der Waals surface area contributed by atoms with Gasteiger partial charge in [-0.05, 0) is 13.3 Å². The molecule has 0 radical (unpaired) electrons. The molecule has 0 saturated heterocycles. The van der Waals surface area contributed by atoms with E-state index in [4.69, 9.17) is 16.3 Å². The van der Waals surface area contributed by atoms with Crippen LogP contribution < -0.4 is 0 Å². The Bertz CT molecular complexity index is 216. The number of alkyl halides is 1. The molecule has 102 valence electrons. The maximum atomic E-state index is 11.0. The zero-order chi connectivity index (χ0) is 13.8. The Morgan fingerprint density at radius 2 is 1.82 bits per heavy atom. The summed E-state index contributed by atoms with van der Waals surface area (Å²) in [7, 11) is 0. The van der Waals surface area contributed by atoms with Crippen LogP contribution in [0, 0.1) is 5.92 Å². The van der Waals surface area contributed by atoms with Crippen LogP contribution in [-0.4, -0.2) is 23.9 Å². The molecule has 0 aliphatic carbocycles. The summed E-state index contributed by atoms with van der Waals surface area (Å²) in [5.74, 6) is -0.576. The van der Waals surface area contributed by atoms with Crippen molar-refractivity contribution in [3.8, 4) is 0 Å². The molecule has 0 rings (SSSR count). The second kappa shape index (κ2) is 12.4. The predicted molar refractivity (Wildman–Crippen MR) is 76.1 cm³/mol. The molecule has 0 heterocycles. The van der Waals surface area contributed by atoms with E-state index in [2.05, 4.69) is 3.07 Å². The highest BCUT2D eigenvalue weighted by Gasteiger charge is 2.18. The summed E-state index contributed by atoms with van der Waals surface area (Å²) in [5.41, 5.74) is 0. The van der Waals surface area contributed by atoms with E-state index in [1.54, 1.807) is 43.8 Å². The molecule has 6 heteroatoms. The van der Waals surface area contributed by atoms with Crippen molar-refractivity contribution in [1.82, 2.24) is 0 Å². The molecule has 17 heavy (non-hydrogen) atoms. The summed E-state index contributed by atoms with van der Waals surface area (Å²) in [5, 5.41) is -0.153. The lowest BCUT2D eigenvalue weighted by Gasteiger charge is -2.11. The van der Waals surface area contributed by atoms with Gasteiger partial charge in [-0.25, -0.2) is 0 Å². The molecule has 0 amide bonds. The maximum Gasteiger partial charge on any atom is 0.314 e. The smallest absolute Gasteiger partial charge is 0.314 e. The lowest BCUT2D eigenvalue weighted by Crippen LogP contribution is -2.21. The van der Waals surface area contributed by atoms with E-state index in [1.807, 2.05) is 6.92 Å². The van der Waals surface area contributed by atoms with Crippen molar-refractivity contribution in [3.05, 3.63) is 0 Å². The fraction of sp³-hybridized carbons (Fsp3) is 0.818. The Balaban J connectivity index is 0. The lowest BCUT2D eigenvalue weighted by atomic mass is 10.1. The molecule has 0 fully saturated rings. The van der Waals surface area contributed by atoms with Crippen molar-refractivity contribution in [2.75, 3.05) is 6.61 Å². The number of hydrogen-bond acceptors (Lipinski definition) is 4. The standard InChI is InChI=1S/C8H15ClO2.C3H5IO2/c1-4-5-11-8(10)6(2)7(3)9;1-2-3(5)6-4/h6-7H,4-5H2,1-3H3;2H2,1H3. The molecule has 0 saturated carbocycles. The third kappa shape index (κ3) is 12.2. The first-order chi connectivity index (χ1) is 7.90. The van der Waals surface area contributed by atoms with Crippen LogP contribution in [0.1, 0.15) is 40.5 Å². The first kappa shape index (κ1) is 19.3.